The predicted molar refractivity (Wildman–Crippen MR) is 86.4 cm³/mol. The first-order valence-corrected chi connectivity index (χ1v) is 7.45. The fraction of sp³-hybridized carbons (Fsp3) is 0.176. The second-order valence-corrected chi connectivity index (χ2v) is 5.61. The molecule has 4 nitrogen and oxygen atoms in total. The van der Waals surface area contributed by atoms with Crippen molar-refractivity contribution in [2.24, 2.45) is 0 Å². The number of anilines is 1. The Balaban J connectivity index is 2.06. The summed E-state index contributed by atoms with van der Waals surface area (Å²) in [7, 11) is 0. The van der Waals surface area contributed by atoms with E-state index >= 15 is 0 Å². The highest BCUT2D eigenvalue weighted by Crippen LogP contribution is 2.24. The number of carbonyl (C=O) groups is 2. The zero-order valence-electron chi connectivity index (χ0n) is 13.0. The molecule has 2 aromatic rings. The smallest absolute Gasteiger partial charge is 0.457 e. The lowest BCUT2D eigenvalue weighted by Crippen LogP contribution is -2.29. The van der Waals surface area contributed by atoms with Crippen molar-refractivity contribution in [3.05, 3.63) is 64.2 Å². The van der Waals surface area contributed by atoms with Crippen molar-refractivity contribution in [1.29, 1.82) is 0 Å². The van der Waals surface area contributed by atoms with Gasteiger partial charge in [-0.15, -0.1) is 0 Å². The van der Waals surface area contributed by atoms with Crippen LogP contribution in [0.15, 0.2) is 42.5 Å². The van der Waals surface area contributed by atoms with Crippen molar-refractivity contribution in [3.63, 3.8) is 0 Å². The summed E-state index contributed by atoms with van der Waals surface area (Å²) >= 11 is 5.95. The number of nitrogens with one attached hydrogen (secondary N) is 1. The van der Waals surface area contributed by atoms with Crippen LogP contribution in [0.1, 0.15) is 21.5 Å². The SMILES string of the molecule is Cc1ccc(C(=O)OCc2cc(NC(=O)C(F)(F)F)ccc2Cl)cc1. The van der Waals surface area contributed by atoms with E-state index in [1.54, 1.807) is 29.6 Å². The fourth-order valence-electron chi connectivity index (χ4n) is 1.88. The number of carbonyl (C=O) groups excluding carboxylic acids is 2. The molecule has 0 atom stereocenters. The van der Waals surface area contributed by atoms with E-state index in [2.05, 4.69) is 0 Å². The van der Waals surface area contributed by atoms with Crippen molar-refractivity contribution >= 4 is 29.2 Å². The number of aryl methyl sites for hydroxylation is 1. The molecule has 0 aliphatic heterocycles. The molecule has 0 radical (unpaired) electrons. The summed E-state index contributed by atoms with van der Waals surface area (Å²) in [5, 5.41) is 1.91. The summed E-state index contributed by atoms with van der Waals surface area (Å²) in [5.41, 5.74) is 1.48. The average molecular weight is 372 g/mol. The average Bonchev–Trinajstić information content (AvgIpc) is 2.54. The highest BCUT2D eigenvalue weighted by atomic mass is 35.5. The van der Waals surface area contributed by atoms with Gasteiger partial charge < -0.3 is 10.1 Å². The highest BCUT2D eigenvalue weighted by molar-refractivity contribution is 6.31. The molecule has 0 spiro atoms. The van der Waals surface area contributed by atoms with E-state index in [-0.39, 0.29) is 22.9 Å². The quantitative estimate of drug-likeness (QED) is 0.805. The Morgan fingerprint density at radius 1 is 1.12 bits per heavy atom. The van der Waals surface area contributed by atoms with Gasteiger partial charge in [-0.25, -0.2) is 4.79 Å². The first kappa shape index (κ1) is 18.8. The summed E-state index contributed by atoms with van der Waals surface area (Å²) in [6.07, 6.45) is -5.00. The van der Waals surface area contributed by atoms with Crippen LogP contribution in [0.2, 0.25) is 5.02 Å². The normalized spacial score (nSPS) is 11.1. The number of rotatable bonds is 4. The number of hydrogen-bond donors (Lipinski definition) is 1. The number of halogens is 4. The molecular weight excluding hydrogens is 359 g/mol. The molecule has 2 aromatic carbocycles. The molecule has 0 unspecified atom stereocenters. The minimum Gasteiger partial charge on any atom is -0.457 e. The Labute approximate surface area is 146 Å². The third-order valence-corrected chi connectivity index (χ3v) is 3.58. The van der Waals surface area contributed by atoms with Crippen molar-refractivity contribution in [2.75, 3.05) is 5.32 Å². The van der Waals surface area contributed by atoms with Crippen LogP contribution in [0.3, 0.4) is 0 Å². The van der Waals surface area contributed by atoms with Crippen LogP contribution in [0.25, 0.3) is 0 Å². The van der Waals surface area contributed by atoms with Gasteiger partial charge in [0.15, 0.2) is 0 Å². The Bertz CT molecular complexity index is 789. The van der Waals surface area contributed by atoms with E-state index in [1.165, 1.54) is 18.2 Å². The van der Waals surface area contributed by atoms with Crippen molar-refractivity contribution in [2.45, 2.75) is 19.7 Å². The zero-order valence-corrected chi connectivity index (χ0v) is 13.7. The fourth-order valence-corrected chi connectivity index (χ4v) is 2.05. The van der Waals surface area contributed by atoms with Gasteiger partial charge in [0.1, 0.15) is 6.61 Å². The third kappa shape index (κ3) is 5.22. The predicted octanol–water partition coefficient (Wildman–Crippen LogP) is 4.51. The second-order valence-electron chi connectivity index (χ2n) is 5.20. The molecule has 0 aliphatic carbocycles. The van der Waals surface area contributed by atoms with E-state index in [1.807, 2.05) is 6.92 Å². The van der Waals surface area contributed by atoms with Crippen LogP contribution in [0, 0.1) is 6.92 Å². The van der Waals surface area contributed by atoms with Gasteiger partial charge in [0, 0.05) is 16.3 Å². The molecule has 132 valence electrons. The maximum Gasteiger partial charge on any atom is 0.471 e. The topological polar surface area (TPSA) is 55.4 Å². The maximum absolute atomic E-state index is 12.3. The van der Waals surface area contributed by atoms with Gasteiger partial charge in [0.2, 0.25) is 0 Å². The van der Waals surface area contributed by atoms with Gasteiger partial charge in [-0.05, 0) is 37.3 Å². The summed E-state index contributed by atoms with van der Waals surface area (Å²) < 4.78 is 41.9. The lowest BCUT2D eigenvalue weighted by molar-refractivity contribution is -0.167. The molecule has 0 aromatic heterocycles. The summed E-state index contributed by atoms with van der Waals surface area (Å²) in [5.74, 6) is -2.70. The van der Waals surface area contributed by atoms with Crippen LogP contribution in [-0.4, -0.2) is 18.1 Å². The number of alkyl halides is 3. The summed E-state index contributed by atoms with van der Waals surface area (Å²) in [6.45, 7) is 1.62. The first-order valence-electron chi connectivity index (χ1n) is 7.07. The van der Waals surface area contributed by atoms with E-state index < -0.39 is 18.1 Å². The highest BCUT2D eigenvalue weighted by Gasteiger charge is 2.38. The van der Waals surface area contributed by atoms with E-state index in [0.29, 0.717) is 5.56 Å². The molecular formula is C17H13ClF3NO3. The zero-order chi connectivity index (χ0) is 18.6. The van der Waals surface area contributed by atoms with Gasteiger partial charge in [-0.2, -0.15) is 13.2 Å². The van der Waals surface area contributed by atoms with Gasteiger partial charge in [-0.1, -0.05) is 29.3 Å². The van der Waals surface area contributed by atoms with Crippen LogP contribution < -0.4 is 5.32 Å². The van der Waals surface area contributed by atoms with E-state index in [4.69, 9.17) is 16.3 Å². The Hall–Kier alpha value is -2.54. The molecule has 1 amide bonds. The van der Waals surface area contributed by atoms with Crippen molar-refractivity contribution in [1.82, 2.24) is 0 Å². The molecule has 0 saturated heterocycles. The first-order chi connectivity index (χ1) is 11.7. The third-order valence-electron chi connectivity index (χ3n) is 3.21. The minimum atomic E-state index is -5.00. The van der Waals surface area contributed by atoms with Crippen LogP contribution in [-0.2, 0) is 16.1 Å². The lowest BCUT2D eigenvalue weighted by Gasteiger charge is -2.11. The van der Waals surface area contributed by atoms with E-state index in [9.17, 15) is 22.8 Å². The molecule has 1 N–H and O–H groups in total. The molecule has 0 aliphatic rings. The standard InChI is InChI=1S/C17H13ClF3NO3/c1-10-2-4-11(5-3-10)15(23)25-9-12-8-13(6-7-14(12)18)22-16(24)17(19,20)21/h2-8H,9H2,1H3,(H,22,24). The summed E-state index contributed by atoms with van der Waals surface area (Å²) in [6, 6.07) is 10.4. The number of ether oxygens (including phenoxy) is 1. The van der Waals surface area contributed by atoms with Gasteiger partial charge in [-0.3, -0.25) is 4.79 Å². The maximum atomic E-state index is 12.3. The molecule has 0 saturated carbocycles. The minimum absolute atomic E-state index is 0.104. The second kappa shape index (κ2) is 7.57. The van der Waals surface area contributed by atoms with Crippen molar-refractivity contribution < 1.29 is 27.5 Å². The Morgan fingerprint density at radius 3 is 2.36 bits per heavy atom. The number of amides is 1. The van der Waals surface area contributed by atoms with Gasteiger partial charge in [0.25, 0.3) is 0 Å². The summed E-state index contributed by atoms with van der Waals surface area (Å²) in [4.78, 5) is 22.9. The van der Waals surface area contributed by atoms with Crippen LogP contribution in [0.4, 0.5) is 18.9 Å². The van der Waals surface area contributed by atoms with Gasteiger partial charge >= 0.3 is 18.1 Å². The lowest BCUT2D eigenvalue weighted by atomic mass is 10.1. The Morgan fingerprint density at radius 2 is 1.76 bits per heavy atom. The molecule has 25 heavy (non-hydrogen) atoms. The molecule has 0 bridgehead atoms. The monoisotopic (exact) mass is 371 g/mol. The molecule has 0 heterocycles. The molecule has 0 fully saturated rings. The largest absolute Gasteiger partial charge is 0.471 e. The molecule has 8 heteroatoms. The van der Waals surface area contributed by atoms with Crippen LogP contribution in [0.5, 0.6) is 0 Å². The number of hydrogen-bond acceptors (Lipinski definition) is 3. The molecule has 2 rings (SSSR count). The Kier molecular flexibility index (Phi) is 5.69. The van der Waals surface area contributed by atoms with Crippen LogP contribution >= 0.6 is 11.6 Å². The van der Waals surface area contributed by atoms with Gasteiger partial charge in [0.05, 0.1) is 5.56 Å². The number of esters is 1. The van der Waals surface area contributed by atoms with Crippen molar-refractivity contribution in [3.8, 4) is 0 Å². The van der Waals surface area contributed by atoms with E-state index in [0.717, 1.165) is 5.56 Å². The number of benzene rings is 2.